The highest BCUT2D eigenvalue weighted by molar-refractivity contribution is 7.20. The van der Waals surface area contributed by atoms with Crippen LogP contribution in [0, 0.1) is 5.82 Å². The van der Waals surface area contributed by atoms with Gasteiger partial charge in [0.15, 0.2) is 5.82 Å². The number of benzene rings is 3. The molecule has 5 rings (SSSR count). The number of nitrogens with one attached hydrogen (secondary N) is 1. The minimum atomic E-state index is -0.518. The molecule has 1 N–H and O–H groups in total. The average molecular weight is 464 g/mol. The Morgan fingerprint density at radius 3 is 2.25 bits per heavy atom. The number of carbonyl (C=O) groups excluding carboxylic acids is 1. The van der Waals surface area contributed by atoms with Crippen LogP contribution in [0.2, 0.25) is 5.02 Å². The lowest BCUT2D eigenvalue weighted by Crippen LogP contribution is -2.22. The number of amides is 1. The van der Waals surface area contributed by atoms with Crippen LogP contribution in [0.1, 0.15) is 17.0 Å². The molecule has 158 valence electrons. The van der Waals surface area contributed by atoms with Gasteiger partial charge >= 0.3 is 0 Å². The van der Waals surface area contributed by atoms with Crippen LogP contribution in [0.4, 0.5) is 9.52 Å². The van der Waals surface area contributed by atoms with E-state index in [2.05, 4.69) is 20.6 Å². The molecule has 1 amide bonds. The lowest BCUT2D eigenvalue weighted by molar-refractivity contribution is -0.116. The van der Waals surface area contributed by atoms with Crippen molar-refractivity contribution in [1.29, 1.82) is 0 Å². The Morgan fingerprint density at radius 2 is 1.62 bits per heavy atom. The van der Waals surface area contributed by atoms with Crippen LogP contribution in [0.5, 0.6) is 0 Å². The molecule has 5 aromatic rings. The van der Waals surface area contributed by atoms with E-state index in [-0.39, 0.29) is 10.9 Å². The molecule has 0 atom stereocenters. The number of anilines is 1. The summed E-state index contributed by atoms with van der Waals surface area (Å²) in [5.41, 5.74) is 2.32. The molecule has 0 aliphatic rings. The molecule has 0 bridgehead atoms. The van der Waals surface area contributed by atoms with E-state index >= 15 is 0 Å². The van der Waals surface area contributed by atoms with Crippen LogP contribution in [0.15, 0.2) is 78.9 Å². The van der Waals surface area contributed by atoms with Crippen LogP contribution < -0.4 is 5.32 Å². The van der Waals surface area contributed by atoms with Gasteiger partial charge in [0.05, 0.1) is 10.9 Å². The summed E-state index contributed by atoms with van der Waals surface area (Å²) < 4.78 is 15.0. The summed E-state index contributed by atoms with van der Waals surface area (Å²) in [6, 6.07) is 23.4. The third kappa shape index (κ3) is 3.86. The predicted octanol–water partition coefficient (Wildman–Crippen LogP) is 5.42. The fourth-order valence-electron chi connectivity index (χ4n) is 3.45. The number of carbonyl (C=O) groups is 1. The summed E-state index contributed by atoms with van der Waals surface area (Å²) in [7, 11) is 0. The van der Waals surface area contributed by atoms with Gasteiger partial charge in [-0.25, -0.2) is 4.39 Å². The van der Waals surface area contributed by atoms with Crippen LogP contribution in [-0.2, 0) is 4.79 Å². The Bertz CT molecular complexity index is 1360. The van der Waals surface area contributed by atoms with E-state index in [1.807, 2.05) is 60.7 Å². The maximum atomic E-state index is 13.5. The third-order valence-electron chi connectivity index (χ3n) is 4.93. The van der Waals surface area contributed by atoms with E-state index in [0.717, 1.165) is 11.1 Å². The highest BCUT2D eigenvalue weighted by Gasteiger charge is 2.24. The van der Waals surface area contributed by atoms with Gasteiger partial charge in [-0.3, -0.25) is 10.1 Å². The van der Waals surface area contributed by atoms with Gasteiger partial charge in [-0.05, 0) is 29.3 Å². The summed E-state index contributed by atoms with van der Waals surface area (Å²) in [6.45, 7) is 0. The quantitative estimate of drug-likeness (QED) is 0.378. The molecule has 0 radical (unpaired) electrons. The molecule has 0 fully saturated rings. The smallest absolute Gasteiger partial charge is 0.238 e. The maximum absolute atomic E-state index is 13.5. The van der Waals surface area contributed by atoms with Gasteiger partial charge in [0.1, 0.15) is 5.82 Å². The first kappa shape index (κ1) is 20.3. The zero-order valence-corrected chi connectivity index (χ0v) is 18.0. The van der Waals surface area contributed by atoms with Crippen LogP contribution in [0.3, 0.4) is 0 Å². The van der Waals surface area contributed by atoms with E-state index in [9.17, 15) is 9.18 Å². The van der Waals surface area contributed by atoms with E-state index in [1.165, 1.54) is 28.0 Å². The monoisotopic (exact) mass is 463 g/mol. The minimum absolute atomic E-state index is 0.0171. The molecule has 6 nitrogen and oxygen atoms in total. The molecule has 0 unspecified atom stereocenters. The van der Waals surface area contributed by atoms with Crippen LogP contribution in [-0.4, -0.2) is 25.7 Å². The number of hydrogen-bond acceptors (Lipinski definition) is 5. The van der Waals surface area contributed by atoms with Gasteiger partial charge in [-0.2, -0.15) is 4.52 Å². The van der Waals surface area contributed by atoms with E-state index in [1.54, 1.807) is 6.07 Å². The first-order valence-electron chi connectivity index (χ1n) is 9.68. The molecule has 0 aliphatic heterocycles. The van der Waals surface area contributed by atoms with Crippen molar-refractivity contribution in [3.63, 3.8) is 0 Å². The summed E-state index contributed by atoms with van der Waals surface area (Å²) in [6.07, 6.45) is 0. The molecule has 2 heterocycles. The largest absolute Gasteiger partial charge is 0.300 e. The molecule has 0 spiro atoms. The maximum Gasteiger partial charge on any atom is 0.238 e. The zero-order valence-electron chi connectivity index (χ0n) is 16.4. The van der Waals surface area contributed by atoms with E-state index in [0.29, 0.717) is 21.5 Å². The molecular formula is C23H15ClFN5OS. The first-order valence-corrected chi connectivity index (χ1v) is 10.9. The number of nitrogens with zero attached hydrogens (tertiary/aromatic N) is 4. The molecule has 2 aromatic heterocycles. The van der Waals surface area contributed by atoms with Gasteiger partial charge in [-0.15, -0.1) is 15.3 Å². The Balaban J connectivity index is 1.47. The lowest BCUT2D eigenvalue weighted by Gasteiger charge is -2.16. The van der Waals surface area contributed by atoms with Crippen molar-refractivity contribution < 1.29 is 9.18 Å². The standard InChI is InChI=1S/C23H15ClFN5OS/c24-17-13-16(11-12-18(17)25)20-27-28-23-30(20)29-22(32-23)26-21(31)19(14-7-3-1-4-8-14)15-9-5-2-6-10-15/h1-13,19H,(H,26,29,31). The third-order valence-corrected chi connectivity index (χ3v) is 6.03. The van der Waals surface area contributed by atoms with Crippen molar-refractivity contribution in [2.45, 2.75) is 5.92 Å². The normalized spacial score (nSPS) is 11.2. The van der Waals surface area contributed by atoms with E-state index in [4.69, 9.17) is 11.6 Å². The van der Waals surface area contributed by atoms with Crippen LogP contribution in [0.25, 0.3) is 16.3 Å². The van der Waals surface area contributed by atoms with Gasteiger partial charge < -0.3 is 0 Å². The summed E-state index contributed by atoms with van der Waals surface area (Å²) in [5, 5.41) is 16.0. The van der Waals surface area contributed by atoms with Gasteiger partial charge in [0.25, 0.3) is 0 Å². The second-order valence-electron chi connectivity index (χ2n) is 7.00. The SMILES string of the molecule is O=C(Nc1nn2c(-c3ccc(F)c(Cl)c3)nnc2s1)C(c1ccccc1)c1ccccc1. The van der Waals surface area contributed by atoms with Crippen molar-refractivity contribution in [2.75, 3.05) is 5.32 Å². The van der Waals surface area contributed by atoms with Crippen molar-refractivity contribution >= 4 is 38.9 Å². The minimum Gasteiger partial charge on any atom is -0.300 e. The molecular weight excluding hydrogens is 449 g/mol. The van der Waals surface area contributed by atoms with E-state index < -0.39 is 11.7 Å². The predicted molar refractivity (Wildman–Crippen MR) is 122 cm³/mol. The fourth-order valence-corrected chi connectivity index (χ4v) is 4.37. The molecule has 0 saturated carbocycles. The van der Waals surface area contributed by atoms with Crippen molar-refractivity contribution in [3.8, 4) is 11.4 Å². The fraction of sp³-hybridized carbons (Fsp3) is 0.0435. The first-order chi connectivity index (χ1) is 15.6. The lowest BCUT2D eigenvalue weighted by atomic mass is 9.90. The molecule has 3 aromatic carbocycles. The Hall–Kier alpha value is -3.62. The number of hydrogen-bond donors (Lipinski definition) is 1. The van der Waals surface area contributed by atoms with Crippen molar-refractivity contribution in [3.05, 3.63) is 101 Å². The second kappa shape index (κ2) is 8.49. The van der Waals surface area contributed by atoms with Gasteiger partial charge in [-0.1, -0.05) is 83.6 Å². The Labute approximate surface area is 191 Å². The number of aromatic nitrogens is 4. The highest BCUT2D eigenvalue weighted by atomic mass is 35.5. The van der Waals surface area contributed by atoms with Crippen molar-refractivity contribution in [1.82, 2.24) is 19.8 Å². The van der Waals surface area contributed by atoms with Crippen LogP contribution >= 0.6 is 22.9 Å². The summed E-state index contributed by atoms with van der Waals surface area (Å²) in [4.78, 5) is 13.8. The zero-order chi connectivity index (χ0) is 22.1. The Kier molecular flexibility index (Phi) is 5.38. The Morgan fingerprint density at radius 1 is 0.969 bits per heavy atom. The summed E-state index contributed by atoms with van der Waals surface area (Å²) in [5.74, 6) is -0.822. The molecule has 32 heavy (non-hydrogen) atoms. The second-order valence-corrected chi connectivity index (χ2v) is 8.36. The topological polar surface area (TPSA) is 72.2 Å². The van der Waals surface area contributed by atoms with Crippen molar-refractivity contribution in [2.24, 2.45) is 0 Å². The van der Waals surface area contributed by atoms with Gasteiger partial charge in [0, 0.05) is 5.56 Å². The molecule has 0 aliphatic carbocycles. The molecule has 9 heteroatoms. The molecule has 0 saturated heterocycles. The highest BCUT2D eigenvalue weighted by Crippen LogP contribution is 2.29. The number of fused-ring (bicyclic) bond motifs is 1. The number of rotatable bonds is 5. The average Bonchev–Trinajstić information content (AvgIpc) is 3.37. The van der Waals surface area contributed by atoms with Gasteiger partial charge in [0.2, 0.25) is 16.0 Å². The summed E-state index contributed by atoms with van der Waals surface area (Å²) >= 11 is 7.10. The number of halogens is 2.